The van der Waals surface area contributed by atoms with Crippen molar-refractivity contribution < 1.29 is 8.76 Å². The molecule has 0 amide bonds. The Hall–Kier alpha value is -1.98. The molecule has 1 aliphatic rings. The zero-order chi connectivity index (χ0) is 15.1. The summed E-state index contributed by atoms with van der Waals surface area (Å²) >= 11 is -2.09. The molecule has 3 aromatic rings. The minimum absolute atomic E-state index is 0.0404. The Kier molecular flexibility index (Phi) is 3.32. The van der Waals surface area contributed by atoms with Crippen LogP contribution in [0.1, 0.15) is 17.8 Å². The average molecular weight is 311 g/mol. The topological polar surface area (TPSA) is 57.9 Å². The molecule has 1 unspecified atom stereocenters. The van der Waals surface area contributed by atoms with Gasteiger partial charge in [0.1, 0.15) is 5.82 Å². The van der Waals surface area contributed by atoms with Gasteiger partial charge >= 0.3 is 0 Å². The van der Waals surface area contributed by atoms with Gasteiger partial charge in [0, 0.05) is 18.7 Å². The molecule has 0 saturated heterocycles. The van der Waals surface area contributed by atoms with Gasteiger partial charge in [-0.25, -0.2) is 4.98 Å². The van der Waals surface area contributed by atoms with Crippen LogP contribution in [0.15, 0.2) is 42.5 Å². The second-order valence-electron chi connectivity index (χ2n) is 5.59. The molecular weight excluding hydrogens is 296 g/mol. The highest BCUT2D eigenvalue weighted by Crippen LogP contribution is 2.30. The molecule has 0 N–H and O–H groups in total. The van der Waals surface area contributed by atoms with Crippen LogP contribution in [0.25, 0.3) is 22.2 Å². The highest BCUT2D eigenvalue weighted by Gasteiger charge is 2.16. The highest BCUT2D eigenvalue weighted by atomic mass is 32.2. The third kappa shape index (κ3) is 2.26. The van der Waals surface area contributed by atoms with Crippen molar-refractivity contribution in [2.45, 2.75) is 25.1 Å². The third-order valence-corrected chi connectivity index (χ3v) is 4.76. The van der Waals surface area contributed by atoms with E-state index in [4.69, 9.17) is 0 Å². The fraction of sp³-hybridized carbons (Fsp3) is 0.235. The molecule has 2 heterocycles. The molecule has 0 aliphatic carbocycles. The molecule has 2 aromatic carbocycles. The third-order valence-electron chi connectivity index (χ3n) is 4.21. The Morgan fingerprint density at radius 1 is 1.23 bits per heavy atom. The lowest BCUT2D eigenvalue weighted by molar-refractivity contribution is 0.536. The first kappa shape index (κ1) is 13.7. The van der Waals surface area contributed by atoms with E-state index in [-0.39, 0.29) is 5.75 Å². The van der Waals surface area contributed by atoms with E-state index in [1.165, 1.54) is 0 Å². The molecule has 4 nitrogen and oxygen atoms in total. The zero-order valence-corrected chi connectivity index (χ0v) is 12.8. The van der Waals surface area contributed by atoms with Crippen molar-refractivity contribution in [3.05, 3.63) is 53.9 Å². The predicted molar refractivity (Wildman–Crippen MR) is 86.1 cm³/mol. The van der Waals surface area contributed by atoms with Crippen LogP contribution in [-0.4, -0.2) is 18.3 Å². The summed E-state index contributed by atoms with van der Waals surface area (Å²) in [7, 11) is 0. The minimum atomic E-state index is -2.09. The minimum Gasteiger partial charge on any atom is -0.772 e. The first-order chi connectivity index (χ1) is 10.7. The Labute approximate surface area is 131 Å². The van der Waals surface area contributed by atoms with Gasteiger partial charge in [-0.2, -0.15) is 0 Å². The monoisotopic (exact) mass is 311 g/mol. The number of imidazole rings is 1. The normalized spacial score (nSPS) is 15.1. The molecule has 0 radical (unpaired) electrons. The molecular formula is C17H15N2O2S-. The number of benzene rings is 2. The maximum atomic E-state index is 11.1. The van der Waals surface area contributed by atoms with Gasteiger partial charge < -0.3 is 9.12 Å². The van der Waals surface area contributed by atoms with E-state index in [1.54, 1.807) is 0 Å². The Morgan fingerprint density at radius 3 is 2.95 bits per heavy atom. The van der Waals surface area contributed by atoms with Crippen LogP contribution in [0.3, 0.4) is 0 Å². The molecule has 22 heavy (non-hydrogen) atoms. The van der Waals surface area contributed by atoms with E-state index < -0.39 is 11.1 Å². The fourth-order valence-electron chi connectivity index (χ4n) is 3.23. The van der Waals surface area contributed by atoms with Crippen molar-refractivity contribution in [1.29, 1.82) is 0 Å². The fourth-order valence-corrected chi connectivity index (χ4v) is 3.74. The van der Waals surface area contributed by atoms with Gasteiger partial charge in [0.2, 0.25) is 0 Å². The molecule has 1 atom stereocenters. The lowest BCUT2D eigenvalue weighted by Gasteiger charge is -2.12. The molecule has 5 heteroatoms. The Morgan fingerprint density at radius 2 is 2.09 bits per heavy atom. The van der Waals surface area contributed by atoms with Gasteiger partial charge in [-0.05, 0) is 35.2 Å². The summed E-state index contributed by atoms with van der Waals surface area (Å²) < 4.78 is 24.4. The maximum absolute atomic E-state index is 11.1. The molecule has 112 valence electrons. The van der Waals surface area contributed by atoms with Gasteiger partial charge in [0.15, 0.2) is 0 Å². The maximum Gasteiger partial charge on any atom is 0.109 e. The summed E-state index contributed by atoms with van der Waals surface area (Å²) in [5.74, 6) is 1.19. The van der Waals surface area contributed by atoms with Gasteiger partial charge in [0.05, 0.1) is 11.0 Å². The number of rotatable bonds is 3. The summed E-state index contributed by atoms with van der Waals surface area (Å²) in [5.41, 5.74) is 5.01. The standard InChI is InChI=1S/C17H16N2O2S/c20-22(21)11-13-4-1-2-5-14(13)12-7-8-15-16(10-12)19-9-3-6-17(19)18-15/h1-2,4-5,7-8,10H,3,6,9,11H2,(H,20,21)/p-1. The van der Waals surface area contributed by atoms with Crippen molar-refractivity contribution in [2.75, 3.05) is 0 Å². The average Bonchev–Trinajstić information content (AvgIpc) is 3.07. The van der Waals surface area contributed by atoms with Crippen LogP contribution in [0.4, 0.5) is 0 Å². The Balaban J connectivity index is 1.86. The molecule has 0 saturated carbocycles. The SMILES string of the molecule is O=S([O-])Cc1ccccc1-c1ccc2nc3n(c2c1)CCC3. The van der Waals surface area contributed by atoms with Crippen LogP contribution in [-0.2, 0) is 29.8 Å². The van der Waals surface area contributed by atoms with Gasteiger partial charge in [0.25, 0.3) is 0 Å². The van der Waals surface area contributed by atoms with Crippen molar-refractivity contribution in [2.24, 2.45) is 0 Å². The largest absolute Gasteiger partial charge is 0.772 e. The van der Waals surface area contributed by atoms with Crippen molar-refractivity contribution in [1.82, 2.24) is 9.55 Å². The number of aromatic nitrogens is 2. The smallest absolute Gasteiger partial charge is 0.109 e. The second kappa shape index (κ2) is 5.34. The molecule has 1 aliphatic heterocycles. The second-order valence-corrected chi connectivity index (χ2v) is 6.49. The van der Waals surface area contributed by atoms with Crippen molar-refractivity contribution >= 4 is 22.1 Å². The van der Waals surface area contributed by atoms with Gasteiger partial charge in [-0.1, -0.05) is 41.4 Å². The van der Waals surface area contributed by atoms with E-state index in [0.717, 1.165) is 52.9 Å². The molecule has 0 bridgehead atoms. The number of fused-ring (bicyclic) bond motifs is 3. The number of nitrogens with zero attached hydrogens (tertiary/aromatic N) is 2. The summed E-state index contributed by atoms with van der Waals surface area (Å²) in [5, 5.41) is 0. The van der Waals surface area contributed by atoms with E-state index in [2.05, 4.69) is 15.6 Å². The van der Waals surface area contributed by atoms with Gasteiger partial charge in [-0.3, -0.25) is 4.21 Å². The number of aryl methyl sites for hydroxylation is 2. The van der Waals surface area contributed by atoms with E-state index in [0.29, 0.717) is 0 Å². The van der Waals surface area contributed by atoms with Crippen molar-refractivity contribution in [3.63, 3.8) is 0 Å². The zero-order valence-electron chi connectivity index (χ0n) is 12.0. The molecule has 0 fully saturated rings. The van der Waals surface area contributed by atoms with Crippen molar-refractivity contribution in [3.8, 4) is 11.1 Å². The summed E-state index contributed by atoms with van der Waals surface area (Å²) in [6, 6.07) is 13.8. The predicted octanol–water partition coefficient (Wildman–Crippen LogP) is 3.03. The lowest BCUT2D eigenvalue weighted by Crippen LogP contribution is -1.96. The number of hydrogen-bond acceptors (Lipinski definition) is 3. The van der Waals surface area contributed by atoms with Crippen LogP contribution in [0.5, 0.6) is 0 Å². The van der Waals surface area contributed by atoms with Crippen LogP contribution >= 0.6 is 0 Å². The van der Waals surface area contributed by atoms with E-state index in [1.807, 2.05) is 36.4 Å². The summed E-state index contributed by atoms with van der Waals surface area (Å²) in [4.78, 5) is 4.66. The summed E-state index contributed by atoms with van der Waals surface area (Å²) in [6.45, 7) is 1.02. The van der Waals surface area contributed by atoms with Crippen LogP contribution in [0.2, 0.25) is 0 Å². The quantitative estimate of drug-likeness (QED) is 0.699. The lowest BCUT2D eigenvalue weighted by atomic mass is 10.0. The molecule has 4 rings (SSSR count). The highest BCUT2D eigenvalue weighted by molar-refractivity contribution is 7.78. The first-order valence-electron chi connectivity index (χ1n) is 7.36. The Bertz CT molecular complexity index is 885. The van der Waals surface area contributed by atoms with Crippen LogP contribution < -0.4 is 0 Å². The first-order valence-corrected chi connectivity index (χ1v) is 8.60. The number of hydrogen-bond donors (Lipinski definition) is 0. The van der Waals surface area contributed by atoms with Crippen LogP contribution in [0, 0.1) is 0 Å². The molecule has 0 spiro atoms. The van der Waals surface area contributed by atoms with Gasteiger partial charge in [-0.15, -0.1) is 0 Å². The van der Waals surface area contributed by atoms with E-state index >= 15 is 0 Å². The molecule has 1 aromatic heterocycles. The summed E-state index contributed by atoms with van der Waals surface area (Å²) in [6.07, 6.45) is 2.18. The van der Waals surface area contributed by atoms with E-state index in [9.17, 15) is 8.76 Å².